The summed E-state index contributed by atoms with van der Waals surface area (Å²) in [5.41, 5.74) is 8.83. The second kappa shape index (κ2) is 9.41. The van der Waals surface area contributed by atoms with Crippen molar-refractivity contribution < 1.29 is 14.3 Å². The van der Waals surface area contributed by atoms with Crippen LogP contribution in [0.3, 0.4) is 0 Å². The standard InChI is InChI=1S/C24H31N3O3/c1-17-13-18(2)15-19(14-17)16-21(22(25)28)26-23(29)24(3,20-7-5-4-6-8-20)27-9-11-30-12-10-27/h4-8,13-15,21H,9-12,16H2,1-3H3,(H2,25,28)(H,26,29)/t21-,24?/m0/s1. The van der Waals surface area contributed by atoms with Crippen LogP contribution in [0.1, 0.15) is 29.2 Å². The lowest BCUT2D eigenvalue weighted by Gasteiger charge is -2.42. The van der Waals surface area contributed by atoms with Crippen LogP contribution in [0.4, 0.5) is 0 Å². The lowest BCUT2D eigenvalue weighted by atomic mass is 9.87. The summed E-state index contributed by atoms with van der Waals surface area (Å²) in [5, 5.41) is 2.94. The van der Waals surface area contributed by atoms with Gasteiger partial charge in [0.2, 0.25) is 11.8 Å². The summed E-state index contributed by atoms with van der Waals surface area (Å²) >= 11 is 0. The zero-order valence-electron chi connectivity index (χ0n) is 18.0. The Morgan fingerprint density at radius 1 is 1.10 bits per heavy atom. The van der Waals surface area contributed by atoms with Gasteiger partial charge in [-0.05, 0) is 31.9 Å². The number of hydrogen-bond donors (Lipinski definition) is 2. The Morgan fingerprint density at radius 2 is 1.70 bits per heavy atom. The molecule has 1 heterocycles. The van der Waals surface area contributed by atoms with Crippen molar-refractivity contribution in [2.24, 2.45) is 5.73 Å². The van der Waals surface area contributed by atoms with Crippen LogP contribution in [0, 0.1) is 13.8 Å². The van der Waals surface area contributed by atoms with Crippen molar-refractivity contribution in [3.8, 4) is 0 Å². The van der Waals surface area contributed by atoms with Crippen molar-refractivity contribution in [1.29, 1.82) is 0 Å². The highest BCUT2D eigenvalue weighted by Gasteiger charge is 2.42. The van der Waals surface area contributed by atoms with Gasteiger partial charge in [0.05, 0.1) is 13.2 Å². The number of nitrogens with zero attached hydrogens (tertiary/aromatic N) is 1. The summed E-state index contributed by atoms with van der Waals surface area (Å²) in [4.78, 5) is 27.9. The molecule has 0 spiro atoms. The fraction of sp³-hybridized carbons (Fsp3) is 0.417. The van der Waals surface area contributed by atoms with E-state index in [-0.39, 0.29) is 5.91 Å². The molecular weight excluding hydrogens is 378 g/mol. The molecule has 1 aliphatic heterocycles. The first-order valence-electron chi connectivity index (χ1n) is 10.4. The zero-order chi connectivity index (χ0) is 21.7. The Bertz CT molecular complexity index is 874. The highest BCUT2D eigenvalue weighted by Crippen LogP contribution is 2.30. The molecule has 1 saturated heterocycles. The van der Waals surface area contributed by atoms with Gasteiger partial charge in [0.1, 0.15) is 11.6 Å². The van der Waals surface area contributed by atoms with Gasteiger partial charge in [0, 0.05) is 19.5 Å². The lowest BCUT2D eigenvalue weighted by Crippen LogP contribution is -2.60. The number of primary amides is 1. The number of aryl methyl sites for hydroxylation is 2. The average Bonchev–Trinajstić information content (AvgIpc) is 2.73. The molecule has 0 aromatic heterocycles. The van der Waals surface area contributed by atoms with Gasteiger partial charge in [-0.3, -0.25) is 14.5 Å². The minimum absolute atomic E-state index is 0.233. The molecule has 0 bridgehead atoms. The topological polar surface area (TPSA) is 84.7 Å². The van der Waals surface area contributed by atoms with Gasteiger partial charge in [-0.15, -0.1) is 0 Å². The molecule has 6 heteroatoms. The number of benzene rings is 2. The van der Waals surface area contributed by atoms with Gasteiger partial charge in [0.15, 0.2) is 0 Å². The maximum absolute atomic E-state index is 13.6. The number of carbonyl (C=O) groups excluding carboxylic acids is 2. The molecule has 1 unspecified atom stereocenters. The fourth-order valence-electron chi connectivity index (χ4n) is 4.17. The van der Waals surface area contributed by atoms with Crippen LogP contribution in [0.2, 0.25) is 0 Å². The third-order valence-corrected chi connectivity index (χ3v) is 5.79. The lowest BCUT2D eigenvalue weighted by molar-refractivity contribution is -0.139. The van der Waals surface area contributed by atoms with Crippen LogP contribution in [0.25, 0.3) is 0 Å². The predicted octanol–water partition coefficient (Wildman–Crippen LogP) is 2.06. The van der Waals surface area contributed by atoms with E-state index >= 15 is 0 Å². The number of amides is 2. The van der Waals surface area contributed by atoms with E-state index in [0.29, 0.717) is 32.7 Å². The van der Waals surface area contributed by atoms with Crippen LogP contribution in [-0.4, -0.2) is 49.1 Å². The first-order chi connectivity index (χ1) is 14.3. The zero-order valence-corrected chi connectivity index (χ0v) is 18.0. The van der Waals surface area contributed by atoms with E-state index in [4.69, 9.17) is 10.5 Å². The van der Waals surface area contributed by atoms with Gasteiger partial charge >= 0.3 is 0 Å². The van der Waals surface area contributed by atoms with Gasteiger partial charge in [-0.25, -0.2) is 0 Å². The molecule has 3 rings (SSSR count). The first kappa shape index (κ1) is 22.0. The van der Waals surface area contributed by atoms with Crippen LogP contribution in [0.5, 0.6) is 0 Å². The smallest absolute Gasteiger partial charge is 0.245 e. The summed E-state index contributed by atoms with van der Waals surface area (Å²) < 4.78 is 5.48. The molecule has 6 nitrogen and oxygen atoms in total. The van der Waals surface area contributed by atoms with Crippen LogP contribution < -0.4 is 11.1 Å². The molecule has 3 N–H and O–H groups in total. The Hall–Kier alpha value is -2.70. The average molecular weight is 410 g/mol. The molecular formula is C24H31N3O3. The van der Waals surface area contributed by atoms with E-state index in [9.17, 15) is 9.59 Å². The highest BCUT2D eigenvalue weighted by molar-refractivity contribution is 5.92. The molecule has 1 fully saturated rings. The van der Waals surface area contributed by atoms with Crippen LogP contribution in [-0.2, 0) is 26.3 Å². The monoisotopic (exact) mass is 409 g/mol. The van der Waals surface area contributed by atoms with E-state index < -0.39 is 17.5 Å². The third kappa shape index (κ3) is 4.89. The molecule has 2 aromatic carbocycles. The number of nitrogens with one attached hydrogen (secondary N) is 1. The first-order valence-corrected chi connectivity index (χ1v) is 10.4. The molecule has 2 aromatic rings. The number of morpholine rings is 1. The Labute approximate surface area is 178 Å². The van der Waals surface area contributed by atoms with Gasteiger partial charge in [-0.1, -0.05) is 59.7 Å². The van der Waals surface area contributed by atoms with Gasteiger partial charge < -0.3 is 15.8 Å². The number of hydrogen-bond acceptors (Lipinski definition) is 4. The SMILES string of the molecule is Cc1cc(C)cc(C[C@H](NC(=O)C(C)(c2ccccc2)N2CCOCC2)C(N)=O)c1. The number of ether oxygens (including phenoxy) is 1. The molecule has 0 aliphatic carbocycles. The minimum Gasteiger partial charge on any atom is -0.379 e. The van der Waals surface area contributed by atoms with E-state index in [1.165, 1.54) is 0 Å². The predicted molar refractivity (Wildman–Crippen MR) is 117 cm³/mol. The summed E-state index contributed by atoms with van der Waals surface area (Å²) in [6.45, 7) is 8.33. The maximum Gasteiger partial charge on any atom is 0.245 e. The summed E-state index contributed by atoms with van der Waals surface area (Å²) in [6, 6.07) is 15.0. The van der Waals surface area contributed by atoms with Crippen molar-refractivity contribution >= 4 is 11.8 Å². The van der Waals surface area contributed by atoms with E-state index in [1.54, 1.807) is 0 Å². The van der Waals surface area contributed by atoms with Crippen molar-refractivity contribution in [2.75, 3.05) is 26.3 Å². The van der Waals surface area contributed by atoms with Crippen molar-refractivity contribution in [1.82, 2.24) is 10.2 Å². The van der Waals surface area contributed by atoms with Crippen molar-refractivity contribution in [3.63, 3.8) is 0 Å². The third-order valence-electron chi connectivity index (χ3n) is 5.79. The largest absolute Gasteiger partial charge is 0.379 e. The maximum atomic E-state index is 13.6. The molecule has 0 saturated carbocycles. The van der Waals surface area contributed by atoms with Gasteiger partial charge in [-0.2, -0.15) is 0 Å². The Kier molecular flexibility index (Phi) is 6.90. The number of rotatable bonds is 7. The van der Waals surface area contributed by atoms with Gasteiger partial charge in [0.25, 0.3) is 0 Å². The summed E-state index contributed by atoms with van der Waals surface area (Å²) in [6.07, 6.45) is 0.359. The van der Waals surface area contributed by atoms with Crippen LogP contribution in [0.15, 0.2) is 48.5 Å². The molecule has 2 atom stereocenters. The van der Waals surface area contributed by atoms with E-state index in [0.717, 1.165) is 22.3 Å². The normalized spacial score (nSPS) is 17.7. The fourth-order valence-corrected chi connectivity index (χ4v) is 4.17. The highest BCUT2D eigenvalue weighted by atomic mass is 16.5. The molecule has 160 valence electrons. The quantitative estimate of drug-likeness (QED) is 0.733. The van der Waals surface area contributed by atoms with Crippen LogP contribution >= 0.6 is 0 Å². The van der Waals surface area contributed by atoms with Crippen molar-refractivity contribution in [2.45, 2.75) is 38.8 Å². The molecule has 1 aliphatic rings. The molecule has 0 radical (unpaired) electrons. The Balaban J connectivity index is 1.88. The number of nitrogens with two attached hydrogens (primary N) is 1. The van der Waals surface area contributed by atoms with E-state index in [1.807, 2.05) is 63.2 Å². The molecule has 2 amide bonds. The summed E-state index contributed by atoms with van der Waals surface area (Å²) in [5.74, 6) is -0.774. The van der Waals surface area contributed by atoms with E-state index in [2.05, 4.69) is 16.3 Å². The summed E-state index contributed by atoms with van der Waals surface area (Å²) in [7, 11) is 0. The minimum atomic E-state index is -0.929. The molecule has 30 heavy (non-hydrogen) atoms. The number of carbonyl (C=O) groups is 2. The van der Waals surface area contributed by atoms with Crippen molar-refractivity contribution in [3.05, 3.63) is 70.8 Å². The Morgan fingerprint density at radius 3 is 2.27 bits per heavy atom. The second-order valence-corrected chi connectivity index (χ2v) is 8.17. The second-order valence-electron chi connectivity index (χ2n) is 8.17.